The first kappa shape index (κ1) is 20.3. The van der Waals surface area contributed by atoms with E-state index in [1.807, 2.05) is 30.0 Å². The van der Waals surface area contributed by atoms with Crippen LogP contribution in [0.3, 0.4) is 0 Å². The van der Waals surface area contributed by atoms with Gasteiger partial charge < -0.3 is 19.6 Å². The largest absolute Gasteiger partial charge is 0.493 e. The highest BCUT2D eigenvalue weighted by molar-refractivity contribution is 6.12. The van der Waals surface area contributed by atoms with E-state index in [1.165, 1.54) is 12.1 Å². The normalized spacial score (nSPS) is 12.8. The van der Waals surface area contributed by atoms with Gasteiger partial charge in [-0.3, -0.25) is 4.79 Å². The highest BCUT2D eigenvalue weighted by Crippen LogP contribution is 2.37. The Kier molecular flexibility index (Phi) is 5.53. The highest BCUT2D eigenvalue weighted by Gasteiger charge is 2.30. The number of fused-ring (bicyclic) bond motifs is 2. The van der Waals surface area contributed by atoms with Crippen molar-refractivity contribution >= 4 is 29.2 Å². The Morgan fingerprint density at radius 3 is 2.61 bits per heavy atom. The number of nitrogens with zero attached hydrogens (tertiary/aromatic N) is 4. The Morgan fingerprint density at radius 1 is 1.13 bits per heavy atom. The third kappa shape index (κ3) is 3.92. The standard InChI is InChI=1S/C23H22N4O4/c1-3-27-20-18(22(28)26(2)19-5-4-11-24-21(19)27)13-15(14-25-20)10-12-31-17-8-6-16(7-9-17)23(29)30/h4-9,11,13-14H,3,10,12H2,1-2H3,(H,29,30). The van der Waals surface area contributed by atoms with Crippen LogP contribution < -0.4 is 14.5 Å². The van der Waals surface area contributed by atoms with E-state index in [4.69, 9.17) is 9.84 Å². The molecule has 0 unspecified atom stereocenters. The molecule has 0 saturated heterocycles. The highest BCUT2D eigenvalue weighted by atomic mass is 16.5. The number of ether oxygens (including phenoxy) is 1. The average molecular weight is 418 g/mol. The molecule has 31 heavy (non-hydrogen) atoms. The lowest BCUT2D eigenvalue weighted by atomic mass is 10.1. The Morgan fingerprint density at radius 2 is 1.90 bits per heavy atom. The van der Waals surface area contributed by atoms with Gasteiger partial charge in [0.05, 0.1) is 23.4 Å². The molecule has 0 saturated carbocycles. The Hall–Kier alpha value is -3.94. The van der Waals surface area contributed by atoms with Crippen LogP contribution in [0.4, 0.5) is 17.3 Å². The molecule has 3 aromatic rings. The van der Waals surface area contributed by atoms with Crippen molar-refractivity contribution in [3.8, 4) is 5.75 Å². The number of amides is 1. The Bertz CT molecular complexity index is 1130. The number of carbonyl (C=O) groups excluding carboxylic acids is 1. The summed E-state index contributed by atoms with van der Waals surface area (Å²) in [5, 5.41) is 8.97. The lowest BCUT2D eigenvalue weighted by Gasteiger charge is -2.22. The monoisotopic (exact) mass is 418 g/mol. The van der Waals surface area contributed by atoms with Gasteiger partial charge in [0.1, 0.15) is 11.6 Å². The number of rotatable bonds is 6. The number of anilines is 3. The molecule has 1 N–H and O–H groups in total. The molecule has 3 heterocycles. The molecule has 8 nitrogen and oxygen atoms in total. The Labute approximate surface area is 179 Å². The number of carbonyl (C=O) groups is 2. The number of benzene rings is 1. The third-order valence-corrected chi connectivity index (χ3v) is 5.17. The smallest absolute Gasteiger partial charge is 0.335 e. The summed E-state index contributed by atoms with van der Waals surface area (Å²) >= 11 is 0. The fourth-order valence-electron chi connectivity index (χ4n) is 3.54. The predicted molar refractivity (Wildman–Crippen MR) is 116 cm³/mol. The predicted octanol–water partition coefficient (Wildman–Crippen LogP) is 3.54. The second-order valence-corrected chi connectivity index (χ2v) is 7.10. The van der Waals surface area contributed by atoms with Crippen molar-refractivity contribution in [2.24, 2.45) is 0 Å². The molecule has 0 fully saturated rings. The summed E-state index contributed by atoms with van der Waals surface area (Å²) in [6.45, 7) is 2.99. The van der Waals surface area contributed by atoms with Crippen molar-refractivity contribution in [3.05, 3.63) is 71.5 Å². The number of carboxylic acid groups (broad SMARTS) is 1. The Balaban J connectivity index is 1.54. The molecule has 1 amide bonds. The first-order valence-corrected chi connectivity index (χ1v) is 9.95. The summed E-state index contributed by atoms with van der Waals surface area (Å²) in [7, 11) is 1.74. The first-order chi connectivity index (χ1) is 15.0. The van der Waals surface area contributed by atoms with Gasteiger partial charge in [0.2, 0.25) is 0 Å². The lowest BCUT2D eigenvalue weighted by Crippen LogP contribution is -2.25. The van der Waals surface area contributed by atoms with Crippen LogP contribution >= 0.6 is 0 Å². The second-order valence-electron chi connectivity index (χ2n) is 7.10. The zero-order chi connectivity index (χ0) is 22.0. The van der Waals surface area contributed by atoms with E-state index < -0.39 is 5.97 Å². The minimum absolute atomic E-state index is 0.139. The summed E-state index contributed by atoms with van der Waals surface area (Å²) in [6, 6.07) is 11.8. The van der Waals surface area contributed by atoms with Gasteiger partial charge >= 0.3 is 5.97 Å². The second kappa shape index (κ2) is 8.43. The quantitative estimate of drug-likeness (QED) is 0.654. The van der Waals surface area contributed by atoms with Crippen molar-refractivity contribution in [2.75, 3.05) is 30.0 Å². The maximum absolute atomic E-state index is 13.1. The fraction of sp³-hybridized carbons (Fsp3) is 0.217. The van der Waals surface area contributed by atoms with E-state index in [0.717, 1.165) is 11.3 Å². The van der Waals surface area contributed by atoms with Gasteiger partial charge in [-0.05, 0) is 55.0 Å². The van der Waals surface area contributed by atoms with Gasteiger partial charge in [0.15, 0.2) is 5.82 Å². The average Bonchev–Trinajstić information content (AvgIpc) is 2.88. The van der Waals surface area contributed by atoms with Gasteiger partial charge in [0, 0.05) is 32.4 Å². The molecule has 8 heteroatoms. The molecule has 1 aromatic carbocycles. The van der Waals surface area contributed by atoms with Crippen molar-refractivity contribution in [1.29, 1.82) is 0 Å². The maximum atomic E-state index is 13.1. The zero-order valence-corrected chi connectivity index (χ0v) is 17.3. The summed E-state index contributed by atoms with van der Waals surface area (Å²) in [5.74, 6) is 0.761. The lowest BCUT2D eigenvalue weighted by molar-refractivity contribution is 0.0696. The van der Waals surface area contributed by atoms with Crippen molar-refractivity contribution in [3.63, 3.8) is 0 Å². The van der Waals surface area contributed by atoms with Crippen molar-refractivity contribution < 1.29 is 19.4 Å². The number of hydrogen-bond acceptors (Lipinski definition) is 6. The van der Waals surface area contributed by atoms with Crippen LogP contribution in [0.15, 0.2) is 54.9 Å². The SMILES string of the molecule is CCN1c2ncc(CCOc3ccc(C(=O)O)cc3)cc2C(=O)N(C)c2cccnc21. The summed E-state index contributed by atoms with van der Waals surface area (Å²) in [5.41, 5.74) is 2.34. The molecule has 0 atom stereocenters. The van der Waals surface area contributed by atoms with Gasteiger partial charge in [-0.2, -0.15) is 0 Å². The molecule has 0 radical (unpaired) electrons. The van der Waals surface area contributed by atoms with Crippen LogP contribution in [0.2, 0.25) is 0 Å². The van der Waals surface area contributed by atoms with Crippen LogP contribution in [0.5, 0.6) is 5.75 Å². The number of pyridine rings is 2. The zero-order valence-electron chi connectivity index (χ0n) is 17.3. The summed E-state index contributed by atoms with van der Waals surface area (Å²) in [6.07, 6.45) is 4.01. The minimum Gasteiger partial charge on any atom is -0.493 e. The molecule has 0 spiro atoms. The first-order valence-electron chi connectivity index (χ1n) is 9.95. The summed E-state index contributed by atoms with van der Waals surface area (Å²) in [4.78, 5) is 36.7. The third-order valence-electron chi connectivity index (χ3n) is 5.17. The van der Waals surface area contributed by atoms with Gasteiger partial charge in [0.25, 0.3) is 5.91 Å². The summed E-state index contributed by atoms with van der Waals surface area (Å²) < 4.78 is 5.72. The fourth-order valence-corrected chi connectivity index (χ4v) is 3.54. The van der Waals surface area contributed by atoms with Crippen molar-refractivity contribution in [2.45, 2.75) is 13.3 Å². The molecule has 0 bridgehead atoms. The van der Waals surface area contributed by atoms with E-state index in [-0.39, 0.29) is 11.5 Å². The van der Waals surface area contributed by atoms with Crippen molar-refractivity contribution in [1.82, 2.24) is 9.97 Å². The number of carboxylic acids is 1. The number of aromatic nitrogens is 2. The minimum atomic E-state index is -0.976. The topological polar surface area (TPSA) is 95.9 Å². The maximum Gasteiger partial charge on any atom is 0.335 e. The van der Waals surface area contributed by atoms with E-state index in [9.17, 15) is 9.59 Å². The molecule has 158 valence electrons. The van der Waals surface area contributed by atoms with E-state index in [0.29, 0.717) is 42.5 Å². The van der Waals surface area contributed by atoms with Crippen LogP contribution in [0.1, 0.15) is 33.2 Å². The molecule has 1 aliphatic heterocycles. The van der Waals surface area contributed by atoms with Gasteiger partial charge in [-0.15, -0.1) is 0 Å². The van der Waals surface area contributed by atoms with Crippen LogP contribution in [-0.2, 0) is 6.42 Å². The van der Waals surface area contributed by atoms with Crippen LogP contribution in [0.25, 0.3) is 0 Å². The van der Waals surface area contributed by atoms with E-state index in [1.54, 1.807) is 36.5 Å². The van der Waals surface area contributed by atoms with E-state index >= 15 is 0 Å². The molecule has 2 aromatic heterocycles. The molecule has 1 aliphatic rings. The van der Waals surface area contributed by atoms with Gasteiger partial charge in [-0.25, -0.2) is 14.8 Å². The van der Waals surface area contributed by atoms with Crippen LogP contribution in [0, 0.1) is 0 Å². The number of aromatic carboxylic acids is 1. The molecule has 0 aliphatic carbocycles. The molecule has 4 rings (SSSR count). The number of hydrogen-bond donors (Lipinski definition) is 1. The molecular weight excluding hydrogens is 396 g/mol. The van der Waals surface area contributed by atoms with Crippen LogP contribution in [-0.4, -0.2) is 47.2 Å². The van der Waals surface area contributed by atoms with Gasteiger partial charge in [-0.1, -0.05) is 0 Å². The van der Waals surface area contributed by atoms with E-state index in [2.05, 4.69) is 9.97 Å². The molecular formula is C23H22N4O4.